The number of anilines is 1. The van der Waals surface area contributed by atoms with Gasteiger partial charge in [-0.25, -0.2) is 9.97 Å². The van der Waals surface area contributed by atoms with E-state index < -0.39 is 0 Å². The molecule has 0 bridgehead atoms. The molecule has 0 spiro atoms. The third-order valence-electron chi connectivity index (χ3n) is 5.50. The van der Waals surface area contributed by atoms with Gasteiger partial charge in [0.15, 0.2) is 5.78 Å². The minimum Gasteiger partial charge on any atom is -0.340 e. The Hall–Kier alpha value is -1.94. The van der Waals surface area contributed by atoms with E-state index in [1.165, 1.54) is 6.42 Å². The van der Waals surface area contributed by atoms with Crippen LogP contribution in [0.1, 0.15) is 54.2 Å². The molecule has 136 valence electrons. The highest BCUT2D eigenvalue weighted by molar-refractivity contribution is 6.30. The van der Waals surface area contributed by atoms with Crippen molar-refractivity contribution in [3.8, 4) is 0 Å². The van der Waals surface area contributed by atoms with Gasteiger partial charge in [-0.3, -0.25) is 4.79 Å². The van der Waals surface area contributed by atoms with E-state index in [0.717, 1.165) is 36.7 Å². The summed E-state index contributed by atoms with van der Waals surface area (Å²) in [7, 11) is 0. The number of ketones is 1. The summed E-state index contributed by atoms with van der Waals surface area (Å²) in [6.45, 7) is 6.52. The lowest BCUT2D eigenvalue weighted by Crippen LogP contribution is -2.40. The van der Waals surface area contributed by atoms with Gasteiger partial charge in [-0.05, 0) is 48.3 Å². The van der Waals surface area contributed by atoms with Gasteiger partial charge in [0.1, 0.15) is 0 Å². The van der Waals surface area contributed by atoms with Crippen LogP contribution < -0.4 is 4.90 Å². The molecule has 0 saturated carbocycles. The Morgan fingerprint density at radius 1 is 1.15 bits per heavy atom. The van der Waals surface area contributed by atoms with Gasteiger partial charge >= 0.3 is 0 Å². The molecule has 0 amide bonds. The van der Waals surface area contributed by atoms with Crippen LogP contribution in [-0.2, 0) is 6.42 Å². The summed E-state index contributed by atoms with van der Waals surface area (Å²) >= 11 is 6.14. The molecule has 2 heterocycles. The van der Waals surface area contributed by atoms with Crippen LogP contribution in [0.15, 0.2) is 30.5 Å². The second-order valence-electron chi connectivity index (χ2n) is 7.96. The largest absolute Gasteiger partial charge is 0.340 e. The minimum atomic E-state index is 0.128. The number of benzene rings is 1. The molecule has 2 aromatic rings. The number of rotatable bonds is 2. The Labute approximate surface area is 159 Å². The second kappa shape index (κ2) is 6.99. The fraction of sp³-hybridized carbons (Fsp3) is 0.476. The van der Waals surface area contributed by atoms with Gasteiger partial charge in [0.2, 0.25) is 5.95 Å². The average molecular weight is 370 g/mol. The lowest BCUT2D eigenvalue weighted by molar-refractivity contribution is 0.0962. The molecule has 0 radical (unpaired) electrons. The molecule has 26 heavy (non-hydrogen) atoms. The lowest BCUT2D eigenvalue weighted by atomic mass is 9.82. The van der Waals surface area contributed by atoms with Crippen molar-refractivity contribution in [2.24, 2.45) is 11.8 Å². The maximum atomic E-state index is 12.6. The van der Waals surface area contributed by atoms with Crippen LogP contribution in [0, 0.1) is 11.8 Å². The van der Waals surface area contributed by atoms with Gasteiger partial charge in [0.05, 0.1) is 11.3 Å². The molecule has 1 aliphatic heterocycles. The summed E-state index contributed by atoms with van der Waals surface area (Å²) in [6, 6.07) is 7.81. The maximum absolute atomic E-state index is 12.6. The van der Waals surface area contributed by atoms with E-state index in [1.54, 1.807) is 6.20 Å². The molecule has 1 saturated heterocycles. The van der Waals surface area contributed by atoms with Crippen LogP contribution in [0.3, 0.4) is 0 Å². The van der Waals surface area contributed by atoms with Crippen molar-refractivity contribution in [2.75, 3.05) is 18.0 Å². The van der Waals surface area contributed by atoms with Crippen molar-refractivity contribution in [1.29, 1.82) is 0 Å². The topological polar surface area (TPSA) is 46.1 Å². The van der Waals surface area contributed by atoms with Crippen molar-refractivity contribution < 1.29 is 4.79 Å². The summed E-state index contributed by atoms with van der Waals surface area (Å²) in [6.07, 6.45) is 4.23. The van der Waals surface area contributed by atoms with Crippen molar-refractivity contribution >= 4 is 23.3 Å². The first-order valence-electron chi connectivity index (χ1n) is 9.39. The zero-order chi connectivity index (χ0) is 18.3. The van der Waals surface area contributed by atoms with Gasteiger partial charge in [-0.15, -0.1) is 0 Å². The number of carbonyl (C=O) groups is 1. The van der Waals surface area contributed by atoms with E-state index in [2.05, 4.69) is 23.7 Å². The van der Waals surface area contributed by atoms with Gasteiger partial charge < -0.3 is 4.90 Å². The van der Waals surface area contributed by atoms with Gasteiger partial charge in [0.25, 0.3) is 0 Å². The highest BCUT2D eigenvalue weighted by atomic mass is 35.5. The van der Waals surface area contributed by atoms with Crippen molar-refractivity contribution in [2.45, 2.75) is 39.0 Å². The molecular formula is C21H24ClN3O. The predicted octanol–water partition coefficient (Wildman–Crippen LogP) is 4.53. The first-order chi connectivity index (χ1) is 12.5. The monoisotopic (exact) mass is 369 g/mol. The van der Waals surface area contributed by atoms with E-state index in [0.29, 0.717) is 28.8 Å². The highest BCUT2D eigenvalue weighted by Crippen LogP contribution is 2.34. The van der Waals surface area contributed by atoms with E-state index in [4.69, 9.17) is 16.6 Å². The molecule has 4 nitrogen and oxygen atoms in total. The first-order valence-corrected chi connectivity index (χ1v) is 9.77. The molecule has 3 atom stereocenters. The Bertz CT molecular complexity index is 828. The van der Waals surface area contributed by atoms with Crippen LogP contribution in [0.2, 0.25) is 5.02 Å². The Morgan fingerprint density at radius 3 is 2.65 bits per heavy atom. The number of hydrogen-bond acceptors (Lipinski definition) is 4. The van der Waals surface area contributed by atoms with E-state index in [1.807, 2.05) is 24.3 Å². The fourth-order valence-electron chi connectivity index (χ4n) is 4.41. The van der Waals surface area contributed by atoms with Crippen molar-refractivity contribution in [3.63, 3.8) is 0 Å². The van der Waals surface area contributed by atoms with Gasteiger partial charge in [-0.1, -0.05) is 37.6 Å². The molecule has 1 aliphatic carbocycles. The zero-order valence-corrected chi connectivity index (χ0v) is 16.0. The summed E-state index contributed by atoms with van der Waals surface area (Å²) in [5.74, 6) is 2.30. The number of piperidine rings is 1. The molecule has 1 fully saturated rings. The molecule has 0 N–H and O–H groups in total. The summed E-state index contributed by atoms with van der Waals surface area (Å²) in [5.41, 5.74) is 2.67. The smallest absolute Gasteiger partial charge is 0.225 e. The number of Topliss-reactive ketones (excluding diaryl/α,β-unsaturated/α-hetero) is 1. The molecule has 4 rings (SSSR count). The molecule has 1 aromatic carbocycles. The van der Waals surface area contributed by atoms with Crippen LogP contribution in [0.4, 0.5) is 5.95 Å². The van der Waals surface area contributed by atoms with E-state index in [9.17, 15) is 4.79 Å². The lowest BCUT2D eigenvalue weighted by Gasteiger charge is -2.35. The Kier molecular flexibility index (Phi) is 4.70. The molecule has 2 aliphatic rings. The van der Waals surface area contributed by atoms with E-state index in [-0.39, 0.29) is 11.7 Å². The van der Waals surface area contributed by atoms with Crippen LogP contribution in [-0.4, -0.2) is 28.8 Å². The Morgan fingerprint density at radius 2 is 1.92 bits per heavy atom. The van der Waals surface area contributed by atoms with Crippen molar-refractivity contribution in [1.82, 2.24) is 9.97 Å². The summed E-state index contributed by atoms with van der Waals surface area (Å²) in [4.78, 5) is 24.2. The average Bonchev–Trinajstić information content (AvgIpc) is 2.60. The number of halogens is 1. The third-order valence-corrected chi connectivity index (χ3v) is 5.73. The summed E-state index contributed by atoms with van der Waals surface area (Å²) < 4.78 is 0. The highest BCUT2D eigenvalue weighted by Gasteiger charge is 2.30. The molecule has 0 unspecified atom stereocenters. The molecule has 1 aromatic heterocycles. The van der Waals surface area contributed by atoms with Crippen LogP contribution in [0.5, 0.6) is 0 Å². The first kappa shape index (κ1) is 17.5. The third kappa shape index (κ3) is 3.48. The second-order valence-corrected chi connectivity index (χ2v) is 8.40. The normalized spacial score (nSPS) is 25.9. The molecule has 5 heteroatoms. The standard InChI is InChI=1S/C21H24ClN3O/c1-13-6-14(2)12-25(11-13)21-23-10-18-19(24-21)8-16(9-20(18)26)15-4-3-5-17(22)7-15/h3-5,7,10,13-14,16H,6,8-9,11-12H2,1-2H3/t13-,14+,16-/m1/s1. The Balaban J connectivity index is 1.63. The van der Waals surface area contributed by atoms with Crippen molar-refractivity contribution in [3.05, 3.63) is 52.3 Å². The predicted molar refractivity (Wildman–Crippen MR) is 104 cm³/mol. The molecular weight excluding hydrogens is 346 g/mol. The zero-order valence-electron chi connectivity index (χ0n) is 15.3. The minimum absolute atomic E-state index is 0.128. The fourth-order valence-corrected chi connectivity index (χ4v) is 4.61. The maximum Gasteiger partial charge on any atom is 0.225 e. The van der Waals surface area contributed by atoms with Crippen LogP contribution >= 0.6 is 11.6 Å². The SMILES string of the molecule is C[C@@H]1C[C@H](C)CN(c2ncc3c(n2)C[C@@H](c2cccc(Cl)c2)CC3=O)C1. The van der Waals surface area contributed by atoms with Gasteiger partial charge in [0, 0.05) is 30.7 Å². The number of fused-ring (bicyclic) bond motifs is 1. The quantitative estimate of drug-likeness (QED) is 0.780. The number of aromatic nitrogens is 2. The van der Waals surface area contributed by atoms with Crippen LogP contribution in [0.25, 0.3) is 0 Å². The van der Waals surface area contributed by atoms with Gasteiger partial charge in [-0.2, -0.15) is 0 Å². The van der Waals surface area contributed by atoms with E-state index >= 15 is 0 Å². The summed E-state index contributed by atoms with van der Waals surface area (Å²) in [5, 5.41) is 0.709. The number of hydrogen-bond donors (Lipinski definition) is 0. The number of carbonyl (C=O) groups excluding carboxylic acids is 1. The number of nitrogens with zero attached hydrogens (tertiary/aromatic N) is 3.